The summed E-state index contributed by atoms with van der Waals surface area (Å²) in [6.07, 6.45) is 0. The zero-order valence-electron chi connectivity index (χ0n) is 13.1. The van der Waals surface area contributed by atoms with E-state index in [2.05, 4.69) is 20.9 Å². The number of hydrogen-bond donors (Lipinski definition) is 0. The molecule has 3 rings (SSSR count). The predicted molar refractivity (Wildman–Crippen MR) is 103 cm³/mol. The van der Waals surface area contributed by atoms with E-state index in [1.54, 1.807) is 0 Å². The Morgan fingerprint density at radius 2 is 2.00 bits per heavy atom. The SMILES string of the molecule is Cc1cc(Br)cc(C)c1N1C(=NC(=O)CCl)S[C@H]2CS(=O)(=O)C[C@@H]21. The maximum atomic E-state index is 12.1. The standard InChI is InChI=1S/C15H16BrClN2O3S2/c1-8-3-10(16)4-9(2)14(8)19-11-6-24(21,22)7-12(11)23-15(19)18-13(20)5-17/h3-4,11-12H,5-7H2,1-2H3/t11-,12-/m0/s1. The van der Waals surface area contributed by atoms with Crippen molar-refractivity contribution >= 4 is 65.9 Å². The number of halogens is 2. The number of amidine groups is 1. The summed E-state index contributed by atoms with van der Waals surface area (Å²) in [5.74, 6) is -0.418. The highest BCUT2D eigenvalue weighted by Crippen LogP contribution is 2.43. The third kappa shape index (κ3) is 3.38. The summed E-state index contributed by atoms with van der Waals surface area (Å²) in [5.41, 5.74) is 2.91. The van der Waals surface area contributed by atoms with Crippen molar-refractivity contribution < 1.29 is 13.2 Å². The lowest BCUT2D eigenvalue weighted by Crippen LogP contribution is -2.38. The lowest BCUT2D eigenvalue weighted by atomic mass is 10.1. The molecule has 0 radical (unpaired) electrons. The van der Waals surface area contributed by atoms with Crippen LogP contribution < -0.4 is 4.90 Å². The predicted octanol–water partition coefficient (Wildman–Crippen LogP) is 2.91. The van der Waals surface area contributed by atoms with Crippen LogP contribution in [0.25, 0.3) is 0 Å². The summed E-state index contributed by atoms with van der Waals surface area (Å²) >= 11 is 10.4. The molecule has 1 aromatic rings. The molecule has 0 unspecified atom stereocenters. The molecular formula is C15H16BrClN2O3S2. The number of sulfone groups is 1. The Hall–Kier alpha value is -0.570. The lowest BCUT2D eigenvalue weighted by molar-refractivity contribution is -0.115. The number of fused-ring (bicyclic) bond motifs is 1. The molecule has 0 aromatic heterocycles. The van der Waals surface area contributed by atoms with Crippen LogP contribution >= 0.6 is 39.3 Å². The molecule has 1 aromatic carbocycles. The van der Waals surface area contributed by atoms with Crippen LogP contribution in [0.5, 0.6) is 0 Å². The zero-order valence-corrected chi connectivity index (χ0v) is 17.1. The van der Waals surface area contributed by atoms with Crippen LogP contribution in [0.1, 0.15) is 11.1 Å². The first kappa shape index (κ1) is 18.2. The van der Waals surface area contributed by atoms with Gasteiger partial charge in [0, 0.05) is 15.4 Å². The maximum Gasteiger partial charge on any atom is 0.262 e. The number of aliphatic imine (C=N–C) groups is 1. The third-order valence-electron chi connectivity index (χ3n) is 4.10. The first-order chi connectivity index (χ1) is 11.2. The molecule has 2 aliphatic heterocycles. The molecule has 2 saturated heterocycles. The molecule has 0 aliphatic carbocycles. The van der Waals surface area contributed by atoms with Gasteiger partial charge in [-0.1, -0.05) is 27.7 Å². The van der Waals surface area contributed by atoms with Crippen LogP contribution in [0.3, 0.4) is 0 Å². The number of thioether (sulfide) groups is 1. The Balaban J connectivity index is 2.12. The van der Waals surface area contributed by atoms with Crippen molar-refractivity contribution in [3.63, 3.8) is 0 Å². The van der Waals surface area contributed by atoms with E-state index in [-0.39, 0.29) is 28.7 Å². The summed E-state index contributed by atoms with van der Waals surface area (Å²) in [6, 6.07) is 3.75. The number of nitrogens with zero attached hydrogens (tertiary/aromatic N) is 2. The van der Waals surface area contributed by atoms with Crippen LogP contribution in [-0.2, 0) is 14.6 Å². The molecule has 0 N–H and O–H groups in total. The van der Waals surface area contributed by atoms with Crippen LogP contribution in [-0.4, -0.2) is 48.2 Å². The van der Waals surface area contributed by atoms with Crippen molar-refractivity contribution in [1.29, 1.82) is 0 Å². The Morgan fingerprint density at radius 3 is 2.58 bits per heavy atom. The molecule has 24 heavy (non-hydrogen) atoms. The molecule has 2 aliphatic rings. The second kappa shape index (κ2) is 6.63. The summed E-state index contributed by atoms with van der Waals surface area (Å²) in [6.45, 7) is 3.94. The largest absolute Gasteiger partial charge is 0.315 e. The van der Waals surface area contributed by atoms with Gasteiger partial charge in [-0.2, -0.15) is 4.99 Å². The molecule has 0 spiro atoms. The van der Waals surface area contributed by atoms with Crippen molar-refractivity contribution in [2.24, 2.45) is 4.99 Å². The van der Waals surface area contributed by atoms with Gasteiger partial charge in [-0.15, -0.1) is 11.6 Å². The average molecular weight is 452 g/mol. The molecule has 1 amide bonds. The minimum absolute atomic E-state index is 0.0771. The van der Waals surface area contributed by atoms with Gasteiger partial charge in [-0.25, -0.2) is 8.42 Å². The number of carbonyl (C=O) groups is 1. The first-order valence-corrected chi connectivity index (χ1v) is 11.4. The van der Waals surface area contributed by atoms with E-state index in [0.717, 1.165) is 21.3 Å². The van der Waals surface area contributed by atoms with Crippen LogP contribution in [0.4, 0.5) is 5.69 Å². The van der Waals surface area contributed by atoms with E-state index in [1.165, 1.54) is 11.8 Å². The van der Waals surface area contributed by atoms with Gasteiger partial charge in [-0.05, 0) is 37.1 Å². The number of benzene rings is 1. The Labute approximate surface area is 158 Å². The molecule has 130 valence electrons. The number of rotatable bonds is 2. The van der Waals surface area contributed by atoms with Crippen LogP contribution in [0, 0.1) is 13.8 Å². The third-order valence-corrected chi connectivity index (χ3v) is 7.99. The van der Waals surface area contributed by atoms with E-state index in [1.807, 2.05) is 30.9 Å². The van der Waals surface area contributed by atoms with E-state index in [9.17, 15) is 13.2 Å². The van der Waals surface area contributed by atoms with Crippen molar-refractivity contribution in [2.75, 3.05) is 22.3 Å². The van der Waals surface area contributed by atoms with Crippen LogP contribution in [0.2, 0.25) is 0 Å². The fourth-order valence-electron chi connectivity index (χ4n) is 3.25. The smallest absolute Gasteiger partial charge is 0.262 e. The van der Waals surface area contributed by atoms with Gasteiger partial charge in [0.2, 0.25) is 0 Å². The number of anilines is 1. The molecule has 2 heterocycles. The molecular weight excluding hydrogens is 436 g/mol. The van der Waals surface area contributed by atoms with Crippen molar-refractivity contribution in [1.82, 2.24) is 0 Å². The molecule has 0 bridgehead atoms. The average Bonchev–Trinajstić information content (AvgIpc) is 2.90. The number of carbonyl (C=O) groups excluding carboxylic acids is 1. The molecule has 2 fully saturated rings. The zero-order chi connectivity index (χ0) is 17.6. The summed E-state index contributed by atoms with van der Waals surface area (Å²) in [4.78, 5) is 17.8. The Kier molecular flexibility index (Phi) is 5.03. The highest BCUT2D eigenvalue weighted by molar-refractivity contribution is 9.10. The quantitative estimate of drug-likeness (QED) is 0.647. The Morgan fingerprint density at radius 1 is 1.38 bits per heavy atom. The minimum Gasteiger partial charge on any atom is -0.315 e. The number of alkyl halides is 1. The summed E-state index contributed by atoms with van der Waals surface area (Å²) in [5, 5.41) is 0.429. The second-order valence-electron chi connectivity index (χ2n) is 5.98. The van der Waals surface area contributed by atoms with Gasteiger partial charge in [0.1, 0.15) is 5.88 Å². The number of aryl methyl sites for hydroxylation is 2. The number of amides is 1. The molecule has 9 heteroatoms. The van der Waals surface area contributed by atoms with Gasteiger partial charge in [0.25, 0.3) is 5.91 Å². The fraction of sp³-hybridized carbons (Fsp3) is 0.467. The van der Waals surface area contributed by atoms with E-state index in [0.29, 0.717) is 5.17 Å². The highest BCUT2D eigenvalue weighted by Gasteiger charge is 2.49. The van der Waals surface area contributed by atoms with Gasteiger partial charge in [0.05, 0.1) is 17.5 Å². The van der Waals surface area contributed by atoms with E-state index in [4.69, 9.17) is 11.6 Å². The van der Waals surface area contributed by atoms with Crippen molar-refractivity contribution in [2.45, 2.75) is 25.1 Å². The lowest BCUT2D eigenvalue weighted by Gasteiger charge is -2.28. The minimum atomic E-state index is -3.08. The molecule has 5 nitrogen and oxygen atoms in total. The van der Waals surface area contributed by atoms with Gasteiger partial charge in [-0.3, -0.25) is 4.79 Å². The topological polar surface area (TPSA) is 66.8 Å². The number of hydrogen-bond acceptors (Lipinski definition) is 4. The normalized spacial score (nSPS) is 26.8. The van der Waals surface area contributed by atoms with Crippen molar-refractivity contribution in [3.05, 3.63) is 27.7 Å². The fourth-order valence-corrected chi connectivity index (χ4v) is 7.91. The van der Waals surface area contributed by atoms with Gasteiger partial charge in [0.15, 0.2) is 15.0 Å². The first-order valence-electron chi connectivity index (χ1n) is 7.32. The Bertz CT molecular complexity index is 818. The monoisotopic (exact) mass is 450 g/mol. The van der Waals surface area contributed by atoms with Crippen molar-refractivity contribution in [3.8, 4) is 0 Å². The van der Waals surface area contributed by atoms with E-state index >= 15 is 0 Å². The van der Waals surface area contributed by atoms with Gasteiger partial charge < -0.3 is 4.90 Å². The summed E-state index contributed by atoms with van der Waals surface area (Å²) in [7, 11) is -3.08. The van der Waals surface area contributed by atoms with E-state index < -0.39 is 15.7 Å². The summed E-state index contributed by atoms with van der Waals surface area (Å²) < 4.78 is 25.1. The second-order valence-corrected chi connectivity index (χ2v) is 10.5. The van der Waals surface area contributed by atoms with Gasteiger partial charge >= 0.3 is 0 Å². The molecule has 2 atom stereocenters. The molecule has 0 saturated carbocycles. The maximum absolute atomic E-state index is 12.1. The van der Waals surface area contributed by atoms with Crippen LogP contribution in [0.15, 0.2) is 21.6 Å². The highest BCUT2D eigenvalue weighted by atomic mass is 79.9.